The summed E-state index contributed by atoms with van der Waals surface area (Å²) in [6.45, 7) is 4.67. The lowest BCUT2D eigenvalue weighted by atomic mass is 10.1. The highest BCUT2D eigenvalue weighted by atomic mass is 79.9. The second-order valence-corrected chi connectivity index (χ2v) is 5.77. The Morgan fingerprint density at radius 1 is 1.45 bits per heavy atom. The number of methoxy groups -OCH3 is 1. The van der Waals surface area contributed by atoms with E-state index in [0.29, 0.717) is 17.3 Å². The summed E-state index contributed by atoms with van der Waals surface area (Å²) >= 11 is 8.59. The van der Waals surface area contributed by atoms with Crippen LogP contribution >= 0.6 is 28.1 Å². The van der Waals surface area contributed by atoms with Gasteiger partial charge < -0.3 is 10.5 Å². The summed E-state index contributed by atoms with van der Waals surface area (Å²) in [5, 5.41) is 4.50. The van der Waals surface area contributed by atoms with Crippen molar-refractivity contribution < 1.29 is 4.74 Å². The molecule has 0 aliphatic rings. The van der Waals surface area contributed by atoms with E-state index in [0.717, 1.165) is 27.0 Å². The number of hydrogen-bond acceptors (Lipinski definition) is 3. The molecule has 0 saturated heterocycles. The van der Waals surface area contributed by atoms with Crippen molar-refractivity contribution in [1.82, 2.24) is 9.78 Å². The van der Waals surface area contributed by atoms with Crippen LogP contribution in [-0.4, -0.2) is 21.9 Å². The molecule has 1 heterocycles. The van der Waals surface area contributed by atoms with E-state index in [4.69, 9.17) is 22.7 Å². The number of rotatable bonds is 4. The average molecular weight is 354 g/mol. The van der Waals surface area contributed by atoms with Crippen molar-refractivity contribution in [2.24, 2.45) is 5.73 Å². The van der Waals surface area contributed by atoms with Crippen molar-refractivity contribution in [3.8, 4) is 5.75 Å². The molecule has 0 unspecified atom stereocenters. The molecule has 0 atom stereocenters. The topological polar surface area (TPSA) is 53.1 Å². The number of hydrogen-bond donors (Lipinski definition) is 1. The number of benzene rings is 1. The fourth-order valence-corrected chi connectivity index (χ4v) is 2.49. The van der Waals surface area contributed by atoms with Gasteiger partial charge in [0.25, 0.3) is 0 Å². The first-order chi connectivity index (χ1) is 9.43. The monoisotopic (exact) mass is 353 g/mol. The molecular formula is C14H16BrN3OS. The van der Waals surface area contributed by atoms with Crippen LogP contribution in [0, 0.1) is 13.8 Å². The van der Waals surface area contributed by atoms with E-state index in [1.54, 1.807) is 7.11 Å². The second-order valence-electron chi connectivity index (χ2n) is 4.54. The normalized spacial score (nSPS) is 10.6. The van der Waals surface area contributed by atoms with Crippen molar-refractivity contribution in [2.45, 2.75) is 20.4 Å². The minimum atomic E-state index is 0.332. The molecule has 1 aromatic carbocycles. The summed E-state index contributed by atoms with van der Waals surface area (Å²) in [5.74, 6) is 0.691. The van der Waals surface area contributed by atoms with Crippen molar-refractivity contribution in [3.63, 3.8) is 0 Å². The molecule has 6 heteroatoms. The molecule has 0 spiro atoms. The van der Waals surface area contributed by atoms with E-state index in [-0.39, 0.29) is 0 Å². The summed E-state index contributed by atoms with van der Waals surface area (Å²) < 4.78 is 8.25. The lowest BCUT2D eigenvalue weighted by molar-refractivity contribution is 0.414. The molecule has 0 aliphatic carbocycles. The van der Waals surface area contributed by atoms with E-state index in [9.17, 15) is 0 Å². The molecule has 0 saturated carbocycles. The molecule has 2 rings (SSSR count). The number of ether oxygens (including phenoxy) is 1. The molecule has 0 radical (unpaired) electrons. The van der Waals surface area contributed by atoms with E-state index in [2.05, 4.69) is 21.0 Å². The molecule has 0 fully saturated rings. The van der Waals surface area contributed by atoms with Gasteiger partial charge in [-0.05, 0) is 47.5 Å². The zero-order valence-corrected chi connectivity index (χ0v) is 14.0. The first-order valence-corrected chi connectivity index (χ1v) is 7.30. The van der Waals surface area contributed by atoms with Gasteiger partial charge in [0.1, 0.15) is 10.7 Å². The maximum absolute atomic E-state index is 5.73. The zero-order chi connectivity index (χ0) is 14.9. The van der Waals surface area contributed by atoms with Gasteiger partial charge in [0.15, 0.2) is 0 Å². The maximum atomic E-state index is 5.73. The van der Waals surface area contributed by atoms with Gasteiger partial charge in [-0.15, -0.1) is 0 Å². The van der Waals surface area contributed by atoms with Crippen LogP contribution in [0.25, 0.3) is 0 Å². The number of nitrogens with zero attached hydrogens (tertiary/aromatic N) is 2. The molecule has 2 N–H and O–H groups in total. The van der Waals surface area contributed by atoms with Crippen molar-refractivity contribution in [3.05, 3.63) is 45.2 Å². The van der Waals surface area contributed by atoms with Crippen LogP contribution in [0.2, 0.25) is 0 Å². The highest BCUT2D eigenvalue weighted by Gasteiger charge is 2.11. The van der Waals surface area contributed by atoms with Gasteiger partial charge in [0, 0.05) is 0 Å². The number of aromatic nitrogens is 2. The third kappa shape index (κ3) is 2.86. The van der Waals surface area contributed by atoms with Gasteiger partial charge in [-0.3, -0.25) is 4.68 Å². The van der Waals surface area contributed by atoms with Crippen LogP contribution in [0.15, 0.2) is 22.7 Å². The SMILES string of the molecule is COc1ccc(Cn2nc(C)c(Br)c2C)cc1C(N)=S. The highest BCUT2D eigenvalue weighted by molar-refractivity contribution is 9.10. The van der Waals surface area contributed by atoms with Crippen molar-refractivity contribution in [2.75, 3.05) is 7.11 Å². The lowest BCUT2D eigenvalue weighted by Crippen LogP contribution is -2.12. The van der Waals surface area contributed by atoms with Crippen LogP contribution in [0.1, 0.15) is 22.5 Å². The Morgan fingerprint density at radius 2 is 2.15 bits per heavy atom. The number of halogens is 1. The predicted octanol–water partition coefficient (Wildman–Crippen LogP) is 2.95. The Morgan fingerprint density at radius 3 is 2.65 bits per heavy atom. The van der Waals surface area contributed by atoms with Gasteiger partial charge in [0.05, 0.1) is 35.1 Å². The second kappa shape index (κ2) is 5.93. The van der Waals surface area contributed by atoms with Crippen LogP contribution in [0.5, 0.6) is 5.75 Å². The third-order valence-electron chi connectivity index (χ3n) is 3.15. The maximum Gasteiger partial charge on any atom is 0.129 e. The Balaban J connectivity index is 2.36. The number of thiocarbonyl (C=S) groups is 1. The zero-order valence-electron chi connectivity index (χ0n) is 11.6. The number of aryl methyl sites for hydroxylation is 1. The van der Waals surface area contributed by atoms with E-state index in [1.807, 2.05) is 36.7 Å². The first kappa shape index (κ1) is 15.0. The summed E-state index contributed by atoms with van der Waals surface area (Å²) in [5.41, 5.74) is 9.63. The predicted molar refractivity (Wildman–Crippen MR) is 87.4 cm³/mol. The standard InChI is InChI=1S/C14H16BrN3OS/c1-8-13(15)9(2)18(17-8)7-10-4-5-12(19-3)11(6-10)14(16)20/h4-6H,7H2,1-3H3,(H2,16,20). The summed E-state index contributed by atoms with van der Waals surface area (Å²) in [6, 6.07) is 5.82. The Bertz CT molecular complexity index is 667. The minimum Gasteiger partial charge on any atom is -0.496 e. The molecule has 0 amide bonds. The average Bonchev–Trinajstić information content (AvgIpc) is 2.66. The Hall–Kier alpha value is -1.40. The van der Waals surface area contributed by atoms with Gasteiger partial charge in [-0.25, -0.2) is 0 Å². The lowest BCUT2D eigenvalue weighted by Gasteiger charge is -2.10. The molecule has 106 valence electrons. The molecule has 0 bridgehead atoms. The third-order valence-corrected chi connectivity index (χ3v) is 4.52. The van der Waals surface area contributed by atoms with Crippen molar-refractivity contribution >= 4 is 33.1 Å². The largest absolute Gasteiger partial charge is 0.496 e. The molecule has 1 aromatic heterocycles. The summed E-state index contributed by atoms with van der Waals surface area (Å²) in [6.07, 6.45) is 0. The molecule has 0 aliphatic heterocycles. The molecular weight excluding hydrogens is 338 g/mol. The van der Waals surface area contributed by atoms with Crippen LogP contribution in [0.3, 0.4) is 0 Å². The quantitative estimate of drug-likeness (QED) is 0.858. The molecule has 20 heavy (non-hydrogen) atoms. The van der Waals surface area contributed by atoms with Gasteiger partial charge in [-0.1, -0.05) is 18.3 Å². The summed E-state index contributed by atoms with van der Waals surface area (Å²) in [4.78, 5) is 0.332. The van der Waals surface area contributed by atoms with Gasteiger partial charge in [-0.2, -0.15) is 5.10 Å². The van der Waals surface area contributed by atoms with Gasteiger partial charge >= 0.3 is 0 Å². The smallest absolute Gasteiger partial charge is 0.129 e. The fraction of sp³-hybridized carbons (Fsp3) is 0.286. The van der Waals surface area contributed by atoms with Gasteiger partial charge in [0.2, 0.25) is 0 Å². The van der Waals surface area contributed by atoms with Crippen LogP contribution < -0.4 is 10.5 Å². The first-order valence-electron chi connectivity index (χ1n) is 6.10. The van der Waals surface area contributed by atoms with E-state index < -0.39 is 0 Å². The van der Waals surface area contributed by atoms with Crippen molar-refractivity contribution in [1.29, 1.82) is 0 Å². The van der Waals surface area contributed by atoms with Crippen LogP contribution in [-0.2, 0) is 6.54 Å². The fourth-order valence-electron chi connectivity index (χ4n) is 2.05. The Labute approximate surface area is 132 Å². The summed E-state index contributed by atoms with van der Waals surface area (Å²) in [7, 11) is 1.61. The van der Waals surface area contributed by atoms with E-state index >= 15 is 0 Å². The molecule has 2 aromatic rings. The van der Waals surface area contributed by atoms with E-state index in [1.165, 1.54) is 0 Å². The minimum absolute atomic E-state index is 0.332. The highest BCUT2D eigenvalue weighted by Crippen LogP contribution is 2.23. The Kier molecular flexibility index (Phi) is 4.45. The number of nitrogens with two attached hydrogens (primary N) is 1. The molecule has 4 nitrogen and oxygen atoms in total. The van der Waals surface area contributed by atoms with Crippen LogP contribution in [0.4, 0.5) is 0 Å².